The summed E-state index contributed by atoms with van der Waals surface area (Å²) in [5.41, 5.74) is 0.194. The predicted molar refractivity (Wildman–Crippen MR) is 66.0 cm³/mol. The molecule has 0 atom stereocenters. The molecule has 0 fully saturated rings. The van der Waals surface area contributed by atoms with E-state index in [-0.39, 0.29) is 11.6 Å². The number of hydrogen-bond donors (Lipinski definition) is 1. The second-order valence-corrected chi connectivity index (χ2v) is 4.30. The van der Waals surface area contributed by atoms with E-state index < -0.39 is 11.2 Å². The number of nitrogens with zero attached hydrogens (tertiary/aromatic N) is 4. The maximum absolute atomic E-state index is 11.7. The van der Waals surface area contributed by atoms with E-state index >= 15 is 0 Å². The molecule has 1 N–H and O–H groups in total. The van der Waals surface area contributed by atoms with E-state index in [9.17, 15) is 9.59 Å². The lowest BCUT2D eigenvalue weighted by atomic mass is 10.2. The molecule has 0 aliphatic rings. The number of hydrogen-bond acceptors (Lipinski definition) is 4. The van der Waals surface area contributed by atoms with Crippen LogP contribution in [-0.2, 0) is 6.54 Å². The minimum atomic E-state index is -0.468. The van der Waals surface area contributed by atoms with Crippen molar-refractivity contribution in [2.45, 2.75) is 33.2 Å². The SMILES string of the molecule is CCn1cc(-n2cc(C(C)C)nn2)c(=O)[nH]c1=O. The Kier molecular flexibility index (Phi) is 3.14. The number of aromatic amines is 1. The van der Waals surface area contributed by atoms with E-state index in [2.05, 4.69) is 15.3 Å². The van der Waals surface area contributed by atoms with Crippen LogP contribution in [0, 0.1) is 0 Å². The largest absolute Gasteiger partial charge is 0.328 e. The zero-order valence-electron chi connectivity index (χ0n) is 10.5. The molecule has 7 nitrogen and oxygen atoms in total. The fourth-order valence-corrected chi connectivity index (χ4v) is 1.55. The highest BCUT2D eigenvalue weighted by atomic mass is 16.2. The molecule has 0 saturated carbocycles. The van der Waals surface area contributed by atoms with Gasteiger partial charge >= 0.3 is 5.69 Å². The Balaban J connectivity index is 2.56. The van der Waals surface area contributed by atoms with Crippen LogP contribution in [0.25, 0.3) is 5.69 Å². The topological polar surface area (TPSA) is 85.6 Å². The van der Waals surface area contributed by atoms with Gasteiger partial charge in [0, 0.05) is 12.7 Å². The van der Waals surface area contributed by atoms with E-state index in [4.69, 9.17) is 0 Å². The minimum Gasteiger partial charge on any atom is -0.299 e. The zero-order valence-corrected chi connectivity index (χ0v) is 10.5. The maximum Gasteiger partial charge on any atom is 0.328 e. The lowest BCUT2D eigenvalue weighted by Crippen LogP contribution is -2.31. The van der Waals surface area contributed by atoms with Crippen molar-refractivity contribution in [2.24, 2.45) is 0 Å². The summed E-state index contributed by atoms with van der Waals surface area (Å²) < 4.78 is 2.80. The fraction of sp³-hybridized carbons (Fsp3) is 0.455. The molecular weight excluding hydrogens is 234 g/mol. The van der Waals surface area contributed by atoms with Crippen molar-refractivity contribution in [1.82, 2.24) is 24.5 Å². The van der Waals surface area contributed by atoms with Crippen molar-refractivity contribution in [2.75, 3.05) is 0 Å². The van der Waals surface area contributed by atoms with Crippen molar-refractivity contribution in [3.05, 3.63) is 38.9 Å². The summed E-state index contributed by atoms with van der Waals surface area (Å²) in [4.78, 5) is 25.4. The number of rotatable bonds is 3. The predicted octanol–water partition coefficient (Wildman–Crippen LogP) is 0.261. The first-order chi connectivity index (χ1) is 8.52. The van der Waals surface area contributed by atoms with Crippen LogP contribution in [0.2, 0.25) is 0 Å². The summed E-state index contributed by atoms with van der Waals surface area (Å²) in [6.45, 7) is 6.29. The Morgan fingerprint density at radius 2 is 2.06 bits per heavy atom. The second-order valence-electron chi connectivity index (χ2n) is 4.30. The fourth-order valence-electron chi connectivity index (χ4n) is 1.55. The normalized spacial score (nSPS) is 11.1. The monoisotopic (exact) mass is 249 g/mol. The standard InChI is InChI=1S/C11H15N5O2/c1-4-15-6-9(10(17)12-11(15)18)16-5-8(7(2)3)13-14-16/h5-7H,4H2,1-3H3,(H,12,17,18). The average Bonchev–Trinajstić information content (AvgIpc) is 2.78. The molecule has 0 radical (unpaired) electrons. The number of aromatic nitrogens is 5. The van der Waals surface area contributed by atoms with Gasteiger partial charge in [-0.2, -0.15) is 0 Å². The molecule has 0 saturated heterocycles. The van der Waals surface area contributed by atoms with Crippen molar-refractivity contribution in [3.63, 3.8) is 0 Å². The highest BCUT2D eigenvalue weighted by molar-refractivity contribution is 5.24. The van der Waals surface area contributed by atoms with E-state index in [0.717, 1.165) is 5.69 Å². The third kappa shape index (κ3) is 2.11. The highest BCUT2D eigenvalue weighted by Crippen LogP contribution is 2.10. The molecule has 0 amide bonds. The summed E-state index contributed by atoms with van der Waals surface area (Å²) in [6, 6.07) is 0. The Morgan fingerprint density at radius 3 is 2.61 bits per heavy atom. The van der Waals surface area contributed by atoms with Crippen LogP contribution in [0.5, 0.6) is 0 Å². The molecule has 7 heteroatoms. The van der Waals surface area contributed by atoms with Crippen LogP contribution in [0.3, 0.4) is 0 Å². The van der Waals surface area contributed by atoms with Gasteiger partial charge in [-0.25, -0.2) is 9.48 Å². The number of H-pyrrole nitrogens is 1. The Labute approximate surface area is 103 Å². The molecule has 0 aliphatic carbocycles. The third-order valence-corrected chi connectivity index (χ3v) is 2.68. The van der Waals surface area contributed by atoms with Crippen molar-refractivity contribution >= 4 is 0 Å². The summed E-state index contributed by atoms with van der Waals surface area (Å²) >= 11 is 0. The Morgan fingerprint density at radius 1 is 1.33 bits per heavy atom. The molecule has 96 valence electrons. The van der Waals surface area contributed by atoms with E-state index in [0.29, 0.717) is 6.54 Å². The summed E-state index contributed by atoms with van der Waals surface area (Å²) in [5.74, 6) is 0.231. The van der Waals surface area contributed by atoms with Crippen LogP contribution in [0.1, 0.15) is 32.4 Å². The summed E-state index contributed by atoms with van der Waals surface area (Å²) in [7, 11) is 0. The molecule has 2 aromatic heterocycles. The van der Waals surface area contributed by atoms with Crippen LogP contribution in [0.4, 0.5) is 0 Å². The van der Waals surface area contributed by atoms with E-state index in [1.54, 1.807) is 6.20 Å². The van der Waals surface area contributed by atoms with Crippen LogP contribution in [0.15, 0.2) is 22.0 Å². The first-order valence-electron chi connectivity index (χ1n) is 5.79. The first-order valence-corrected chi connectivity index (χ1v) is 5.79. The van der Waals surface area contributed by atoms with Gasteiger partial charge in [0.2, 0.25) is 0 Å². The van der Waals surface area contributed by atoms with Gasteiger partial charge in [0.15, 0.2) is 0 Å². The molecular formula is C11H15N5O2. The third-order valence-electron chi connectivity index (χ3n) is 2.68. The lowest BCUT2D eigenvalue weighted by molar-refractivity contribution is 0.673. The molecule has 0 aromatic carbocycles. The molecule has 0 bridgehead atoms. The lowest BCUT2D eigenvalue weighted by Gasteiger charge is -2.03. The number of nitrogens with one attached hydrogen (secondary N) is 1. The molecule has 0 unspecified atom stereocenters. The van der Waals surface area contributed by atoms with Gasteiger partial charge in [-0.05, 0) is 12.8 Å². The minimum absolute atomic E-state index is 0.231. The molecule has 2 rings (SSSR count). The van der Waals surface area contributed by atoms with Gasteiger partial charge in [0.1, 0.15) is 5.69 Å². The molecule has 2 aromatic rings. The van der Waals surface area contributed by atoms with Gasteiger partial charge in [0.05, 0.1) is 11.9 Å². The molecule has 2 heterocycles. The Hall–Kier alpha value is -2.18. The van der Waals surface area contributed by atoms with Gasteiger partial charge in [-0.1, -0.05) is 19.1 Å². The van der Waals surface area contributed by atoms with Gasteiger partial charge < -0.3 is 0 Å². The maximum atomic E-state index is 11.7. The van der Waals surface area contributed by atoms with Gasteiger partial charge in [0.25, 0.3) is 5.56 Å². The zero-order chi connectivity index (χ0) is 13.3. The quantitative estimate of drug-likeness (QED) is 0.845. The molecule has 0 spiro atoms. The van der Waals surface area contributed by atoms with Crippen LogP contribution >= 0.6 is 0 Å². The van der Waals surface area contributed by atoms with E-state index in [1.165, 1.54) is 15.4 Å². The Bertz CT molecular complexity index is 665. The number of aryl methyl sites for hydroxylation is 1. The summed E-state index contributed by atoms with van der Waals surface area (Å²) in [6.07, 6.45) is 3.18. The van der Waals surface area contributed by atoms with E-state index in [1.807, 2.05) is 20.8 Å². The average molecular weight is 249 g/mol. The summed E-state index contributed by atoms with van der Waals surface area (Å²) in [5, 5.41) is 7.89. The van der Waals surface area contributed by atoms with Gasteiger partial charge in [-0.3, -0.25) is 14.3 Å². The smallest absolute Gasteiger partial charge is 0.299 e. The second kappa shape index (κ2) is 4.59. The van der Waals surface area contributed by atoms with Crippen molar-refractivity contribution < 1.29 is 0 Å². The van der Waals surface area contributed by atoms with Crippen LogP contribution < -0.4 is 11.2 Å². The van der Waals surface area contributed by atoms with Gasteiger partial charge in [-0.15, -0.1) is 5.10 Å². The van der Waals surface area contributed by atoms with Crippen molar-refractivity contribution in [1.29, 1.82) is 0 Å². The highest BCUT2D eigenvalue weighted by Gasteiger charge is 2.10. The molecule has 18 heavy (non-hydrogen) atoms. The first kappa shape index (κ1) is 12.3. The van der Waals surface area contributed by atoms with Crippen molar-refractivity contribution in [3.8, 4) is 5.69 Å². The molecule has 0 aliphatic heterocycles. The van der Waals surface area contributed by atoms with Crippen LogP contribution in [-0.4, -0.2) is 24.5 Å².